The third-order valence-electron chi connectivity index (χ3n) is 4.88. The summed E-state index contributed by atoms with van der Waals surface area (Å²) in [6, 6.07) is 9.81. The lowest BCUT2D eigenvalue weighted by Gasteiger charge is -2.23. The minimum absolute atomic E-state index is 0.0732. The predicted molar refractivity (Wildman–Crippen MR) is 110 cm³/mol. The zero-order valence-electron chi connectivity index (χ0n) is 16.2. The number of anilines is 1. The number of thiazole rings is 1. The monoisotopic (exact) mass is 416 g/mol. The van der Waals surface area contributed by atoms with Crippen molar-refractivity contribution in [1.82, 2.24) is 4.98 Å². The number of benzene rings is 2. The van der Waals surface area contributed by atoms with Gasteiger partial charge in [0, 0.05) is 12.2 Å². The van der Waals surface area contributed by atoms with Gasteiger partial charge in [-0.3, -0.25) is 9.69 Å². The van der Waals surface area contributed by atoms with Crippen molar-refractivity contribution in [2.24, 2.45) is 0 Å². The average molecular weight is 416 g/mol. The van der Waals surface area contributed by atoms with Crippen molar-refractivity contribution in [3.63, 3.8) is 0 Å². The van der Waals surface area contributed by atoms with E-state index in [1.54, 1.807) is 42.3 Å². The van der Waals surface area contributed by atoms with Gasteiger partial charge < -0.3 is 14.2 Å². The quantitative estimate of drug-likeness (QED) is 0.600. The second-order valence-corrected chi connectivity index (χ2v) is 7.71. The van der Waals surface area contributed by atoms with Crippen LogP contribution in [0.2, 0.25) is 0 Å². The maximum Gasteiger partial charge on any atom is 0.260 e. The Morgan fingerprint density at radius 2 is 2.10 bits per heavy atom. The fourth-order valence-electron chi connectivity index (χ4n) is 3.38. The van der Waals surface area contributed by atoms with Crippen LogP contribution in [0.4, 0.5) is 9.52 Å². The van der Waals surface area contributed by atoms with Crippen LogP contribution in [0.3, 0.4) is 0 Å². The summed E-state index contributed by atoms with van der Waals surface area (Å²) in [7, 11) is 3.06. The Labute approximate surface area is 171 Å². The summed E-state index contributed by atoms with van der Waals surface area (Å²) in [5, 5.41) is 0.445. The molecule has 4 rings (SSSR count). The maximum absolute atomic E-state index is 14.2. The number of rotatable bonds is 6. The standard InChI is InChI=1S/C21H21FN2O4S/c1-26-16-9-8-13(11-17(16)27-2)20(25)24(12-14-5-4-10-28-14)21-23-19-15(22)6-3-7-18(19)29-21/h3,6-9,11,14H,4-5,10,12H2,1-2H3. The molecule has 6 nitrogen and oxygen atoms in total. The largest absolute Gasteiger partial charge is 0.493 e. The third kappa shape index (κ3) is 3.90. The van der Waals surface area contributed by atoms with Crippen molar-refractivity contribution < 1.29 is 23.4 Å². The summed E-state index contributed by atoms with van der Waals surface area (Å²) in [5.74, 6) is 0.351. The van der Waals surface area contributed by atoms with Crippen LogP contribution >= 0.6 is 11.3 Å². The van der Waals surface area contributed by atoms with Gasteiger partial charge in [0.2, 0.25) is 0 Å². The number of aromatic nitrogens is 1. The highest BCUT2D eigenvalue weighted by Crippen LogP contribution is 2.33. The number of hydrogen-bond acceptors (Lipinski definition) is 6. The molecule has 0 radical (unpaired) electrons. The van der Waals surface area contributed by atoms with Crippen LogP contribution in [0, 0.1) is 5.82 Å². The van der Waals surface area contributed by atoms with Crippen molar-refractivity contribution in [2.75, 3.05) is 32.3 Å². The van der Waals surface area contributed by atoms with Crippen molar-refractivity contribution in [1.29, 1.82) is 0 Å². The molecule has 8 heteroatoms. The van der Waals surface area contributed by atoms with Gasteiger partial charge in [0.25, 0.3) is 5.91 Å². The van der Waals surface area contributed by atoms with Crippen LogP contribution < -0.4 is 14.4 Å². The number of amides is 1. The Balaban J connectivity index is 1.73. The van der Waals surface area contributed by atoms with Gasteiger partial charge in [0.1, 0.15) is 11.3 Å². The second kappa shape index (κ2) is 8.34. The van der Waals surface area contributed by atoms with Crippen LogP contribution in [0.5, 0.6) is 11.5 Å². The topological polar surface area (TPSA) is 60.9 Å². The first kappa shape index (κ1) is 19.6. The van der Waals surface area contributed by atoms with Gasteiger partial charge in [0.05, 0.1) is 31.6 Å². The lowest BCUT2D eigenvalue weighted by Crippen LogP contribution is -2.37. The molecular weight excluding hydrogens is 395 g/mol. The average Bonchev–Trinajstić information content (AvgIpc) is 3.41. The Kier molecular flexibility index (Phi) is 5.64. The molecule has 0 N–H and O–H groups in total. The Morgan fingerprint density at radius 1 is 1.28 bits per heavy atom. The Hall–Kier alpha value is -2.71. The number of para-hydroxylation sites is 1. The highest BCUT2D eigenvalue weighted by molar-refractivity contribution is 7.22. The smallest absolute Gasteiger partial charge is 0.260 e. The summed E-state index contributed by atoms with van der Waals surface area (Å²) in [4.78, 5) is 19.4. The zero-order chi connectivity index (χ0) is 20.4. The zero-order valence-corrected chi connectivity index (χ0v) is 17.0. The normalized spacial score (nSPS) is 16.2. The van der Waals surface area contributed by atoms with E-state index in [0.717, 1.165) is 12.8 Å². The van der Waals surface area contributed by atoms with Crippen LogP contribution in [0.1, 0.15) is 23.2 Å². The highest BCUT2D eigenvalue weighted by atomic mass is 32.1. The SMILES string of the molecule is COc1ccc(C(=O)N(CC2CCCO2)c2nc3c(F)cccc3s2)cc1OC. The molecule has 1 atom stereocenters. The minimum Gasteiger partial charge on any atom is -0.493 e. The summed E-state index contributed by atoms with van der Waals surface area (Å²) >= 11 is 1.29. The Bertz CT molecular complexity index is 1030. The van der Waals surface area contributed by atoms with E-state index in [1.165, 1.54) is 24.5 Å². The number of ether oxygens (including phenoxy) is 3. The molecular formula is C21H21FN2O4S. The predicted octanol–water partition coefficient (Wildman–Crippen LogP) is 4.28. The van der Waals surface area contributed by atoms with E-state index in [2.05, 4.69) is 4.98 Å². The molecule has 1 amide bonds. The number of halogens is 1. The molecule has 1 aliphatic rings. The van der Waals surface area contributed by atoms with Gasteiger partial charge in [-0.1, -0.05) is 17.4 Å². The van der Waals surface area contributed by atoms with Gasteiger partial charge in [-0.05, 0) is 43.2 Å². The van der Waals surface area contributed by atoms with E-state index >= 15 is 0 Å². The molecule has 0 spiro atoms. The third-order valence-corrected chi connectivity index (χ3v) is 5.92. The van der Waals surface area contributed by atoms with Crippen molar-refractivity contribution >= 4 is 32.6 Å². The van der Waals surface area contributed by atoms with Crippen LogP contribution in [0.15, 0.2) is 36.4 Å². The number of fused-ring (bicyclic) bond motifs is 1. The van der Waals surface area contributed by atoms with E-state index in [1.807, 2.05) is 0 Å². The molecule has 1 saturated heterocycles. The van der Waals surface area contributed by atoms with Gasteiger partial charge >= 0.3 is 0 Å². The van der Waals surface area contributed by atoms with Crippen molar-refractivity contribution in [3.8, 4) is 11.5 Å². The van der Waals surface area contributed by atoms with Gasteiger partial charge in [0.15, 0.2) is 16.6 Å². The molecule has 1 unspecified atom stereocenters. The Morgan fingerprint density at radius 3 is 2.79 bits per heavy atom. The molecule has 1 aliphatic heterocycles. The minimum atomic E-state index is -0.402. The van der Waals surface area contributed by atoms with Crippen LogP contribution in [-0.4, -0.2) is 44.4 Å². The van der Waals surface area contributed by atoms with Gasteiger partial charge in [-0.15, -0.1) is 0 Å². The van der Waals surface area contributed by atoms with E-state index < -0.39 is 5.82 Å². The summed E-state index contributed by atoms with van der Waals surface area (Å²) in [6.45, 7) is 1.03. The summed E-state index contributed by atoms with van der Waals surface area (Å²) in [6.07, 6.45) is 1.75. The number of methoxy groups -OCH3 is 2. The first-order chi connectivity index (χ1) is 14.1. The number of hydrogen-bond donors (Lipinski definition) is 0. The lowest BCUT2D eigenvalue weighted by molar-refractivity contribution is 0.0917. The fourth-order valence-corrected chi connectivity index (χ4v) is 4.37. The van der Waals surface area contributed by atoms with E-state index in [0.29, 0.717) is 40.0 Å². The van der Waals surface area contributed by atoms with Crippen molar-refractivity contribution in [3.05, 3.63) is 47.8 Å². The molecule has 29 heavy (non-hydrogen) atoms. The summed E-state index contributed by atoms with van der Waals surface area (Å²) in [5.41, 5.74) is 0.699. The number of nitrogens with zero attached hydrogens (tertiary/aromatic N) is 2. The van der Waals surface area contributed by atoms with Gasteiger partial charge in [-0.25, -0.2) is 9.37 Å². The number of carbonyl (C=O) groups excluding carboxylic acids is 1. The number of carbonyl (C=O) groups is 1. The molecule has 1 fully saturated rings. The molecule has 0 saturated carbocycles. The molecule has 1 aromatic heterocycles. The molecule has 2 heterocycles. The first-order valence-electron chi connectivity index (χ1n) is 9.31. The maximum atomic E-state index is 14.2. The lowest BCUT2D eigenvalue weighted by atomic mass is 10.1. The van der Waals surface area contributed by atoms with Crippen LogP contribution in [0.25, 0.3) is 10.2 Å². The molecule has 0 aliphatic carbocycles. The molecule has 3 aromatic rings. The van der Waals surface area contributed by atoms with Crippen molar-refractivity contribution in [2.45, 2.75) is 18.9 Å². The molecule has 2 aromatic carbocycles. The summed E-state index contributed by atoms with van der Waals surface area (Å²) < 4.78 is 31.2. The van der Waals surface area contributed by atoms with Crippen LogP contribution in [-0.2, 0) is 4.74 Å². The molecule has 0 bridgehead atoms. The second-order valence-electron chi connectivity index (χ2n) is 6.70. The van der Waals surface area contributed by atoms with E-state index in [-0.39, 0.29) is 17.5 Å². The van der Waals surface area contributed by atoms with E-state index in [4.69, 9.17) is 14.2 Å². The molecule has 152 valence electrons. The van der Waals surface area contributed by atoms with Gasteiger partial charge in [-0.2, -0.15) is 0 Å². The van der Waals surface area contributed by atoms with E-state index in [9.17, 15) is 9.18 Å². The first-order valence-corrected chi connectivity index (χ1v) is 10.1. The highest BCUT2D eigenvalue weighted by Gasteiger charge is 2.28. The fraction of sp³-hybridized carbons (Fsp3) is 0.333.